The average molecular weight is 216 g/mol. The molecule has 4 nitrogen and oxygen atoms in total. The Bertz CT molecular complexity index is 241. The molecule has 2 amide bonds. The summed E-state index contributed by atoms with van der Waals surface area (Å²) in [6, 6.07) is -0.591. The van der Waals surface area contributed by atoms with E-state index in [4.69, 9.17) is 5.73 Å². The largest absolute Gasteiger partial charge is 0.368 e. The van der Waals surface area contributed by atoms with E-state index in [0.717, 1.165) is 5.75 Å². The summed E-state index contributed by atoms with van der Waals surface area (Å²) >= 11 is 1.60. The molecule has 0 spiro atoms. The van der Waals surface area contributed by atoms with Crippen LogP contribution in [-0.2, 0) is 9.59 Å². The molecule has 0 heterocycles. The van der Waals surface area contributed by atoms with E-state index in [-0.39, 0.29) is 5.91 Å². The number of nitrogens with one attached hydrogen (secondary N) is 1. The van der Waals surface area contributed by atoms with Crippen LogP contribution < -0.4 is 11.1 Å². The van der Waals surface area contributed by atoms with Crippen LogP contribution in [0.2, 0.25) is 0 Å². The lowest BCUT2D eigenvalue weighted by molar-refractivity contribution is -0.125. The Hall–Kier alpha value is -0.970. The molecule has 0 bridgehead atoms. The third-order valence-electron chi connectivity index (χ3n) is 1.65. The maximum absolute atomic E-state index is 11.2. The predicted octanol–water partition coefficient (Wildman–Crippen LogP) is 0.286. The van der Waals surface area contributed by atoms with Crippen LogP contribution in [0.15, 0.2) is 12.2 Å². The van der Waals surface area contributed by atoms with Crippen molar-refractivity contribution in [3.05, 3.63) is 12.2 Å². The maximum Gasteiger partial charge on any atom is 0.246 e. The van der Waals surface area contributed by atoms with E-state index in [9.17, 15) is 9.59 Å². The van der Waals surface area contributed by atoms with Gasteiger partial charge in [-0.25, -0.2) is 0 Å². The Balaban J connectivity index is 4.16. The van der Waals surface area contributed by atoms with Crippen molar-refractivity contribution in [3.63, 3.8) is 0 Å². The molecule has 0 aliphatic carbocycles. The molecule has 0 fully saturated rings. The van der Waals surface area contributed by atoms with Crippen molar-refractivity contribution in [2.24, 2.45) is 5.73 Å². The van der Waals surface area contributed by atoms with Gasteiger partial charge in [-0.2, -0.15) is 11.8 Å². The van der Waals surface area contributed by atoms with Gasteiger partial charge in [0.1, 0.15) is 6.04 Å². The zero-order chi connectivity index (χ0) is 11.1. The van der Waals surface area contributed by atoms with Gasteiger partial charge in [0, 0.05) is 5.57 Å². The third-order valence-corrected chi connectivity index (χ3v) is 2.29. The second-order valence-electron chi connectivity index (χ2n) is 2.99. The fraction of sp³-hybridized carbons (Fsp3) is 0.556. The molecule has 0 aromatic carbocycles. The van der Waals surface area contributed by atoms with E-state index >= 15 is 0 Å². The normalized spacial score (nSPS) is 11.9. The van der Waals surface area contributed by atoms with E-state index in [1.807, 2.05) is 6.26 Å². The number of thioether (sulfide) groups is 1. The first-order valence-electron chi connectivity index (χ1n) is 4.23. The lowest BCUT2D eigenvalue weighted by Gasteiger charge is -2.14. The average Bonchev–Trinajstić information content (AvgIpc) is 2.10. The minimum atomic E-state index is -0.591. The van der Waals surface area contributed by atoms with Crippen molar-refractivity contribution in [3.8, 4) is 0 Å². The number of carbonyl (C=O) groups excluding carboxylic acids is 2. The maximum atomic E-state index is 11.2. The molecular weight excluding hydrogens is 200 g/mol. The van der Waals surface area contributed by atoms with Crippen LogP contribution >= 0.6 is 11.8 Å². The lowest BCUT2D eigenvalue weighted by Crippen LogP contribution is -2.44. The minimum absolute atomic E-state index is 0.324. The SMILES string of the molecule is C=C(C)C(=O)N[C@@H](CCSC)C(N)=O. The van der Waals surface area contributed by atoms with Crippen LogP contribution in [0.5, 0.6) is 0 Å². The number of amides is 2. The van der Waals surface area contributed by atoms with E-state index in [1.165, 1.54) is 0 Å². The molecular formula is C9H16N2O2S. The number of nitrogens with two attached hydrogens (primary N) is 1. The van der Waals surface area contributed by atoms with Gasteiger partial charge in [0.25, 0.3) is 0 Å². The van der Waals surface area contributed by atoms with Crippen LogP contribution in [0.25, 0.3) is 0 Å². The minimum Gasteiger partial charge on any atom is -0.368 e. The number of rotatable bonds is 6. The Morgan fingerprint density at radius 2 is 2.14 bits per heavy atom. The first kappa shape index (κ1) is 13.0. The molecule has 0 unspecified atom stereocenters. The van der Waals surface area contributed by atoms with Crippen LogP contribution in [0.3, 0.4) is 0 Å². The van der Waals surface area contributed by atoms with Crippen LogP contribution in [0.1, 0.15) is 13.3 Å². The van der Waals surface area contributed by atoms with Gasteiger partial charge in [-0.3, -0.25) is 9.59 Å². The highest BCUT2D eigenvalue weighted by Crippen LogP contribution is 2.01. The summed E-state index contributed by atoms with van der Waals surface area (Å²) in [7, 11) is 0. The number of primary amides is 1. The molecule has 0 aliphatic heterocycles. The molecule has 0 radical (unpaired) electrons. The molecule has 0 saturated carbocycles. The van der Waals surface area contributed by atoms with Gasteiger partial charge in [-0.15, -0.1) is 0 Å². The second-order valence-corrected chi connectivity index (χ2v) is 3.98. The molecule has 5 heteroatoms. The van der Waals surface area contributed by atoms with E-state index < -0.39 is 11.9 Å². The van der Waals surface area contributed by atoms with E-state index in [1.54, 1.807) is 18.7 Å². The lowest BCUT2D eigenvalue weighted by atomic mass is 10.2. The van der Waals surface area contributed by atoms with Gasteiger partial charge < -0.3 is 11.1 Å². The highest BCUT2D eigenvalue weighted by molar-refractivity contribution is 7.98. The van der Waals surface area contributed by atoms with Crippen molar-refractivity contribution in [2.45, 2.75) is 19.4 Å². The van der Waals surface area contributed by atoms with Gasteiger partial charge in [-0.05, 0) is 25.4 Å². The molecule has 14 heavy (non-hydrogen) atoms. The van der Waals surface area contributed by atoms with Crippen molar-refractivity contribution in [1.29, 1.82) is 0 Å². The Morgan fingerprint density at radius 1 is 1.57 bits per heavy atom. The zero-order valence-electron chi connectivity index (χ0n) is 8.50. The van der Waals surface area contributed by atoms with Gasteiger partial charge >= 0.3 is 0 Å². The summed E-state index contributed by atoms with van der Waals surface area (Å²) in [6.45, 7) is 5.06. The molecule has 0 aromatic heterocycles. The molecule has 0 saturated heterocycles. The smallest absolute Gasteiger partial charge is 0.246 e. The zero-order valence-corrected chi connectivity index (χ0v) is 9.32. The van der Waals surface area contributed by atoms with Crippen LogP contribution in [0, 0.1) is 0 Å². The molecule has 0 aliphatic rings. The standard InChI is InChI=1S/C9H16N2O2S/c1-6(2)9(13)11-7(8(10)12)4-5-14-3/h7H,1,4-5H2,2-3H3,(H2,10,12)(H,11,13)/t7-/m0/s1. The summed E-state index contributed by atoms with van der Waals surface area (Å²) in [5.74, 6) is -0.0482. The first-order chi connectivity index (χ1) is 6.49. The van der Waals surface area contributed by atoms with Crippen molar-refractivity contribution >= 4 is 23.6 Å². The van der Waals surface area contributed by atoms with Gasteiger partial charge in [0.05, 0.1) is 0 Å². The fourth-order valence-electron chi connectivity index (χ4n) is 0.803. The summed E-state index contributed by atoms with van der Waals surface area (Å²) < 4.78 is 0. The highest BCUT2D eigenvalue weighted by atomic mass is 32.2. The summed E-state index contributed by atoms with van der Waals surface area (Å²) in [4.78, 5) is 22.1. The van der Waals surface area contributed by atoms with Gasteiger partial charge in [0.15, 0.2) is 0 Å². The van der Waals surface area contributed by atoms with Crippen molar-refractivity contribution in [2.75, 3.05) is 12.0 Å². The fourth-order valence-corrected chi connectivity index (χ4v) is 1.27. The first-order valence-corrected chi connectivity index (χ1v) is 5.63. The molecule has 1 atom stereocenters. The van der Waals surface area contributed by atoms with Gasteiger partial charge in [-0.1, -0.05) is 6.58 Å². The predicted molar refractivity (Wildman–Crippen MR) is 58.9 cm³/mol. The molecule has 0 rings (SSSR count). The third kappa shape index (κ3) is 4.91. The quantitative estimate of drug-likeness (QED) is 0.627. The Kier molecular flexibility index (Phi) is 6.03. The summed E-state index contributed by atoms with van der Waals surface area (Å²) in [5.41, 5.74) is 5.51. The van der Waals surface area contributed by atoms with E-state index in [0.29, 0.717) is 12.0 Å². The van der Waals surface area contributed by atoms with Crippen molar-refractivity contribution < 1.29 is 9.59 Å². The molecule has 80 valence electrons. The molecule has 3 N–H and O–H groups in total. The number of hydrogen-bond acceptors (Lipinski definition) is 3. The van der Waals surface area contributed by atoms with Crippen LogP contribution in [0.4, 0.5) is 0 Å². The highest BCUT2D eigenvalue weighted by Gasteiger charge is 2.17. The van der Waals surface area contributed by atoms with Crippen LogP contribution in [-0.4, -0.2) is 29.9 Å². The topological polar surface area (TPSA) is 72.2 Å². The summed E-state index contributed by atoms with van der Waals surface area (Å²) in [5, 5.41) is 2.52. The van der Waals surface area contributed by atoms with Gasteiger partial charge in [0.2, 0.25) is 11.8 Å². The van der Waals surface area contributed by atoms with Crippen molar-refractivity contribution in [1.82, 2.24) is 5.32 Å². The second kappa shape index (κ2) is 6.48. The Labute approximate surface area is 88.3 Å². The number of carbonyl (C=O) groups is 2. The molecule has 0 aromatic rings. The monoisotopic (exact) mass is 216 g/mol. The van der Waals surface area contributed by atoms with E-state index in [2.05, 4.69) is 11.9 Å². The summed E-state index contributed by atoms with van der Waals surface area (Å²) in [6.07, 6.45) is 2.48. The number of hydrogen-bond donors (Lipinski definition) is 2. The Morgan fingerprint density at radius 3 is 2.50 bits per heavy atom.